The Bertz CT molecular complexity index is 1490. The summed E-state index contributed by atoms with van der Waals surface area (Å²) in [7, 11) is 0. The van der Waals surface area contributed by atoms with Crippen LogP contribution in [0.15, 0.2) is 119 Å². The smallest absolute Gasteiger partial charge is 0.143 e. The molecule has 0 amide bonds. The molecule has 1 aliphatic heterocycles. The van der Waals surface area contributed by atoms with Gasteiger partial charge in [-0.3, -0.25) is 0 Å². The van der Waals surface area contributed by atoms with Crippen molar-refractivity contribution in [2.75, 3.05) is 0 Å². The van der Waals surface area contributed by atoms with Gasteiger partial charge < -0.3 is 5.11 Å². The van der Waals surface area contributed by atoms with Crippen molar-refractivity contribution < 1.29 is 5.11 Å². The third-order valence-electron chi connectivity index (χ3n) is 6.24. The zero-order valence-electron chi connectivity index (χ0n) is 17.1. The fraction of sp³-hybridized carbons (Fsp3) is 0.0345. The molecule has 1 aliphatic rings. The van der Waals surface area contributed by atoms with E-state index in [0.717, 1.165) is 43.0 Å². The molecule has 3 heteroatoms. The molecule has 1 unspecified atom stereocenters. The lowest BCUT2D eigenvalue weighted by atomic mass is 9.76. The van der Waals surface area contributed by atoms with Crippen LogP contribution < -0.4 is 0 Å². The van der Waals surface area contributed by atoms with E-state index in [1.807, 2.05) is 54.6 Å². The largest absolute Gasteiger partial charge is 0.376 e. The Morgan fingerprint density at radius 2 is 1.22 bits per heavy atom. The molecule has 1 nitrogen and oxygen atoms in total. The van der Waals surface area contributed by atoms with Gasteiger partial charge in [0.05, 0.1) is 5.02 Å². The third-order valence-corrected chi connectivity index (χ3v) is 7.89. The van der Waals surface area contributed by atoms with Crippen LogP contribution in [0.4, 0.5) is 0 Å². The van der Waals surface area contributed by atoms with Gasteiger partial charge in [-0.05, 0) is 34.0 Å². The SMILES string of the molecule is OC1(c2ccccc2-c2cccc3ccccc23)c2ccccc2Sc2c(Cl)cccc21. The van der Waals surface area contributed by atoms with Crippen molar-refractivity contribution in [1.82, 2.24) is 0 Å². The van der Waals surface area contributed by atoms with Crippen LogP contribution in [0.3, 0.4) is 0 Å². The first-order valence-electron chi connectivity index (χ1n) is 10.5. The lowest BCUT2D eigenvalue weighted by Crippen LogP contribution is -2.33. The molecule has 5 aromatic rings. The molecule has 0 bridgehead atoms. The van der Waals surface area contributed by atoms with Crippen LogP contribution in [0.5, 0.6) is 0 Å². The van der Waals surface area contributed by atoms with Crippen LogP contribution in [0.2, 0.25) is 5.02 Å². The summed E-state index contributed by atoms with van der Waals surface area (Å²) in [5, 5.41) is 15.6. The molecular weight excluding hydrogens is 432 g/mol. The van der Waals surface area contributed by atoms with E-state index in [9.17, 15) is 5.11 Å². The number of rotatable bonds is 2. The number of aliphatic hydroxyl groups is 1. The van der Waals surface area contributed by atoms with Gasteiger partial charge in [-0.25, -0.2) is 0 Å². The quantitative estimate of drug-likeness (QED) is 0.295. The highest BCUT2D eigenvalue weighted by Gasteiger charge is 2.43. The van der Waals surface area contributed by atoms with Crippen molar-refractivity contribution in [3.63, 3.8) is 0 Å². The maximum Gasteiger partial charge on any atom is 0.143 e. The summed E-state index contributed by atoms with van der Waals surface area (Å²) in [6.07, 6.45) is 0. The molecule has 1 heterocycles. The summed E-state index contributed by atoms with van der Waals surface area (Å²) in [5.41, 5.74) is 3.35. The van der Waals surface area contributed by atoms with Gasteiger partial charge >= 0.3 is 0 Å². The van der Waals surface area contributed by atoms with Gasteiger partial charge in [0.25, 0.3) is 0 Å². The lowest BCUT2D eigenvalue weighted by Gasteiger charge is -2.38. The standard InChI is InChI=1S/C29H19ClOS/c30-26-17-8-16-25-28(26)32-27-18-6-5-15-24(27)29(25,31)23-14-4-3-12-22(23)21-13-7-10-19-9-1-2-11-20(19)21/h1-18,31H. The molecule has 1 atom stereocenters. The predicted octanol–water partition coefficient (Wildman–Crippen LogP) is 7.91. The van der Waals surface area contributed by atoms with Crippen LogP contribution in [0.25, 0.3) is 21.9 Å². The number of halogens is 1. The van der Waals surface area contributed by atoms with Gasteiger partial charge in [-0.2, -0.15) is 0 Å². The Kier molecular flexibility index (Phi) is 4.62. The Morgan fingerprint density at radius 3 is 2.12 bits per heavy atom. The van der Waals surface area contributed by atoms with Gasteiger partial charge in [-0.15, -0.1) is 0 Å². The maximum absolute atomic E-state index is 12.6. The van der Waals surface area contributed by atoms with Crippen LogP contribution in [0.1, 0.15) is 16.7 Å². The molecule has 6 rings (SSSR count). The molecule has 0 fully saturated rings. The highest BCUT2D eigenvalue weighted by Crippen LogP contribution is 2.54. The van der Waals surface area contributed by atoms with E-state index in [4.69, 9.17) is 11.6 Å². The van der Waals surface area contributed by atoms with Gasteiger partial charge in [0, 0.05) is 26.5 Å². The van der Waals surface area contributed by atoms with Gasteiger partial charge in [-0.1, -0.05) is 120 Å². The van der Waals surface area contributed by atoms with Gasteiger partial charge in [0.2, 0.25) is 0 Å². The highest BCUT2D eigenvalue weighted by atomic mass is 35.5. The fourth-order valence-electron chi connectivity index (χ4n) is 4.79. The molecule has 1 N–H and O–H groups in total. The van der Waals surface area contributed by atoms with Crippen LogP contribution in [0, 0.1) is 0 Å². The predicted molar refractivity (Wildman–Crippen MR) is 134 cm³/mol. The summed E-state index contributed by atoms with van der Waals surface area (Å²) in [5.74, 6) is 0. The van der Waals surface area contributed by atoms with Crippen LogP contribution in [-0.4, -0.2) is 5.11 Å². The molecular formula is C29H19ClOS. The molecule has 0 aliphatic carbocycles. The second-order valence-corrected chi connectivity index (χ2v) is 9.46. The van der Waals surface area contributed by atoms with Gasteiger partial charge in [0.1, 0.15) is 5.60 Å². The summed E-state index contributed by atoms with van der Waals surface area (Å²) < 4.78 is 0. The minimum Gasteiger partial charge on any atom is -0.376 e. The van der Waals surface area contributed by atoms with E-state index in [-0.39, 0.29) is 0 Å². The fourth-order valence-corrected chi connectivity index (χ4v) is 6.26. The van der Waals surface area contributed by atoms with Crippen LogP contribution in [-0.2, 0) is 5.60 Å². The Balaban J connectivity index is 1.71. The first-order chi connectivity index (χ1) is 15.7. The van der Waals surface area contributed by atoms with Crippen molar-refractivity contribution in [2.45, 2.75) is 15.4 Å². The van der Waals surface area contributed by atoms with Crippen molar-refractivity contribution in [3.8, 4) is 11.1 Å². The molecule has 0 saturated heterocycles. The highest BCUT2D eigenvalue weighted by molar-refractivity contribution is 7.99. The van der Waals surface area contributed by atoms with Crippen LogP contribution >= 0.6 is 23.4 Å². The average Bonchev–Trinajstić information content (AvgIpc) is 2.85. The van der Waals surface area contributed by atoms with E-state index < -0.39 is 5.60 Å². The van der Waals surface area contributed by atoms with Crippen molar-refractivity contribution in [3.05, 3.63) is 131 Å². The minimum absolute atomic E-state index is 0.656. The summed E-state index contributed by atoms with van der Waals surface area (Å²) in [6, 6.07) is 36.7. The summed E-state index contributed by atoms with van der Waals surface area (Å²) in [6.45, 7) is 0. The molecule has 32 heavy (non-hydrogen) atoms. The molecule has 0 aromatic heterocycles. The summed E-state index contributed by atoms with van der Waals surface area (Å²) >= 11 is 8.24. The topological polar surface area (TPSA) is 20.2 Å². The zero-order chi connectivity index (χ0) is 21.7. The number of fused-ring (bicyclic) bond motifs is 3. The van der Waals surface area contributed by atoms with E-state index in [1.165, 1.54) is 5.39 Å². The Morgan fingerprint density at radius 1 is 0.594 bits per heavy atom. The normalized spacial score (nSPS) is 17.1. The number of hydrogen-bond donors (Lipinski definition) is 1. The third kappa shape index (κ3) is 2.84. The van der Waals surface area contributed by atoms with E-state index in [0.29, 0.717) is 5.02 Å². The molecule has 154 valence electrons. The molecule has 0 spiro atoms. The minimum atomic E-state index is -1.32. The number of hydrogen-bond acceptors (Lipinski definition) is 2. The molecule has 5 aromatic carbocycles. The molecule has 0 radical (unpaired) electrons. The maximum atomic E-state index is 12.6. The first kappa shape index (κ1) is 19.6. The second kappa shape index (κ2) is 7.53. The van der Waals surface area contributed by atoms with E-state index >= 15 is 0 Å². The Hall–Kier alpha value is -3.04. The average molecular weight is 451 g/mol. The van der Waals surface area contributed by atoms with Crippen molar-refractivity contribution >= 4 is 34.1 Å². The van der Waals surface area contributed by atoms with Crippen molar-refractivity contribution in [1.29, 1.82) is 0 Å². The molecule has 0 saturated carbocycles. The van der Waals surface area contributed by atoms with Crippen molar-refractivity contribution in [2.24, 2.45) is 0 Å². The van der Waals surface area contributed by atoms with E-state index in [2.05, 4.69) is 54.6 Å². The lowest BCUT2D eigenvalue weighted by molar-refractivity contribution is 0.119. The monoisotopic (exact) mass is 450 g/mol. The zero-order valence-corrected chi connectivity index (χ0v) is 18.7. The first-order valence-corrected chi connectivity index (χ1v) is 11.7. The number of benzene rings is 5. The second-order valence-electron chi connectivity index (χ2n) is 8.00. The summed E-state index contributed by atoms with van der Waals surface area (Å²) in [4.78, 5) is 1.92. The van der Waals surface area contributed by atoms with Gasteiger partial charge in [0.15, 0.2) is 0 Å². The van der Waals surface area contributed by atoms with E-state index in [1.54, 1.807) is 11.8 Å². The Labute approximate surface area is 196 Å².